The van der Waals surface area contributed by atoms with Gasteiger partial charge in [-0.1, -0.05) is 0 Å². The monoisotopic (exact) mass is 446 g/mol. The third-order valence-corrected chi connectivity index (χ3v) is 9.77. The second-order valence-corrected chi connectivity index (χ2v) is 12.2. The molecule has 0 saturated heterocycles. The van der Waals surface area contributed by atoms with Gasteiger partial charge in [0.1, 0.15) is 4.21 Å². The van der Waals surface area contributed by atoms with Crippen LogP contribution in [0.5, 0.6) is 0 Å². The highest BCUT2D eigenvalue weighted by atomic mass is 32.2. The lowest BCUT2D eigenvalue weighted by Crippen LogP contribution is -2.19. The molecule has 9 heteroatoms. The van der Waals surface area contributed by atoms with E-state index in [1.54, 1.807) is 26.0 Å². The summed E-state index contributed by atoms with van der Waals surface area (Å²) < 4.78 is 17.1. The molecule has 2 aromatic rings. The molecule has 1 saturated carbocycles. The number of carbonyl (C=O) groups is 1. The fraction of sp³-hybridized carbons (Fsp3) is 0.524. The zero-order chi connectivity index (χ0) is 21.3. The van der Waals surface area contributed by atoms with E-state index in [9.17, 15) is 14.1 Å². The highest BCUT2D eigenvalue weighted by Crippen LogP contribution is 2.58. The molecule has 5 rings (SSSR count). The normalized spacial score (nSPS) is 20.5. The number of thiophene rings is 1. The number of nitrogens with two attached hydrogens (primary N) is 1. The second-order valence-electron chi connectivity index (χ2n) is 9.14. The predicted octanol–water partition coefficient (Wildman–Crippen LogP) is 3.77. The molecule has 30 heavy (non-hydrogen) atoms. The Kier molecular flexibility index (Phi) is 4.42. The number of aliphatic hydroxyl groups is 1. The molecule has 1 spiro atoms. The van der Waals surface area contributed by atoms with E-state index in [-0.39, 0.29) is 9.62 Å². The quantitative estimate of drug-likeness (QED) is 0.665. The van der Waals surface area contributed by atoms with Crippen molar-refractivity contribution in [3.8, 4) is 0 Å². The van der Waals surface area contributed by atoms with Crippen LogP contribution in [0.1, 0.15) is 66.9 Å². The average molecular weight is 447 g/mol. The minimum absolute atomic E-state index is 0.218. The molecule has 2 heterocycles. The minimum Gasteiger partial charge on any atom is -0.385 e. The summed E-state index contributed by atoms with van der Waals surface area (Å²) in [6, 6.07) is 2.54. The lowest BCUT2D eigenvalue weighted by Gasteiger charge is -2.16. The Hall–Kier alpha value is -1.81. The van der Waals surface area contributed by atoms with E-state index < -0.39 is 21.5 Å². The molecule has 1 atom stereocenters. The number of aryl methyl sites for hydroxylation is 1. The van der Waals surface area contributed by atoms with Crippen LogP contribution in [0.15, 0.2) is 20.7 Å². The largest absolute Gasteiger partial charge is 0.385 e. The van der Waals surface area contributed by atoms with Gasteiger partial charge < -0.3 is 10.4 Å². The van der Waals surface area contributed by atoms with Gasteiger partial charge in [-0.15, -0.1) is 15.7 Å². The Morgan fingerprint density at radius 1 is 1.27 bits per heavy atom. The molecule has 3 aliphatic carbocycles. The van der Waals surface area contributed by atoms with Gasteiger partial charge in [0.25, 0.3) is 0 Å². The summed E-state index contributed by atoms with van der Waals surface area (Å²) in [6.45, 7) is 3.28. The number of pyridine rings is 1. The maximum Gasteiger partial charge on any atom is 0.354 e. The van der Waals surface area contributed by atoms with Gasteiger partial charge in [0.2, 0.25) is 0 Å². The highest BCUT2D eigenvalue weighted by molar-refractivity contribution is 7.93. The number of aromatic nitrogens is 1. The lowest BCUT2D eigenvalue weighted by atomic mass is 10.0. The van der Waals surface area contributed by atoms with Crippen LogP contribution in [0.4, 0.5) is 10.5 Å². The summed E-state index contributed by atoms with van der Waals surface area (Å²) in [7, 11) is -3.40. The Morgan fingerprint density at radius 3 is 2.70 bits per heavy atom. The molecular weight excluding hydrogens is 420 g/mol. The van der Waals surface area contributed by atoms with Crippen molar-refractivity contribution in [2.45, 2.75) is 74.0 Å². The molecule has 1 fully saturated rings. The third-order valence-electron chi connectivity index (χ3n) is 6.46. The Bertz CT molecular complexity index is 1180. The summed E-state index contributed by atoms with van der Waals surface area (Å²) in [5, 5.41) is 19.0. The summed E-state index contributed by atoms with van der Waals surface area (Å²) in [4.78, 5) is 18.4. The van der Waals surface area contributed by atoms with Crippen LogP contribution in [-0.4, -0.2) is 20.3 Å². The fourth-order valence-corrected chi connectivity index (χ4v) is 6.92. The van der Waals surface area contributed by atoms with E-state index in [1.807, 2.05) is 0 Å². The first-order chi connectivity index (χ1) is 14.1. The number of fused-ring (bicyclic) bond motifs is 3. The SMILES string of the molecule is CC(C)(O)c1ccc(S(N)(=O)=NC(=O)Nc2c3c(nc4c2CCC42CC2)CCC3)s1. The summed E-state index contributed by atoms with van der Waals surface area (Å²) >= 11 is 1.11. The molecule has 3 aliphatic rings. The fourth-order valence-electron chi connectivity index (χ4n) is 4.68. The topological polar surface area (TPSA) is 118 Å². The van der Waals surface area contributed by atoms with E-state index in [1.165, 1.54) is 12.8 Å². The van der Waals surface area contributed by atoms with E-state index in [2.05, 4.69) is 9.68 Å². The average Bonchev–Trinajstić information content (AvgIpc) is 3.05. The summed E-state index contributed by atoms with van der Waals surface area (Å²) in [6.07, 6.45) is 7.17. The Balaban J connectivity index is 1.48. The van der Waals surface area contributed by atoms with Crippen molar-refractivity contribution >= 4 is 33.0 Å². The first kappa shape index (κ1) is 20.1. The standard InChI is InChI=1S/C21H26N4O3S2/c1-20(2,27)15-6-7-16(29-15)30(22,28)25-19(26)24-17-12-4-3-5-14(12)23-18-13(17)8-9-21(18)10-11-21/h6-7,27H,3-5,8-11H2,1-2H3,(H3,22,23,24,25,26,28). The van der Waals surface area contributed by atoms with Crippen LogP contribution in [0.2, 0.25) is 0 Å². The van der Waals surface area contributed by atoms with Gasteiger partial charge in [-0.05, 0) is 82.1 Å². The molecule has 7 nitrogen and oxygen atoms in total. The van der Waals surface area contributed by atoms with Crippen LogP contribution in [0.25, 0.3) is 0 Å². The Labute approximate surface area is 180 Å². The second kappa shape index (κ2) is 6.59. The van der Waals surface area contributed by atoms with Crippen LogP contribution >= 0.6 is 11.3 Å². The van der Waals surface area contributed by atoms with Crippen LogP contribution in [0.3, 0.4) is 0 Å². The number of anilines is 1. The third kappa shape index (κ3) is 3.28. The zero-order valence-electron chi connectivity index (χ0n) is 17.2. The zero-order valence-corrected chi connectivity index (χ0v) is 18.8. The molecule has 160 valence electrons. The molecular formula is C21H26N4O3S2. The predicted molar refractivity (Wildman–Crippen MR) is 117 cm³/mol. The summed E-state index contributed by atoms with van der Waals surface area (Å²) in [5.41, 5.74) is 4.43. The summed E-state index contributed by atoms with van der Waals surface area (Å²) in [5.74, 6) is 0. The van der Waals surface area contributed by atoms with Gasteiger partial charge in [-0.3, -0.25) is 4.98 Å². The molecule has 0 aliphatic heterocycles. The van der Waals surface area contributed by atoms with Crippen molar-refractivity contribution in [1.29, 1.82) is 0 Å². The van der Waals surface area contributed by atoms with E-state index >= 15 is 0 Å². The maximum atomic E-state index is 13.0. The number of hydrogen-bond donors (Lipinski definition) is 3. The molecule has 1 unspecified atom stereocenters. The molecule has 0 bridgehead atoms. The van der Waals surface area contributed by atoms with Gasteiger partial charge in [0.15, 0.2) is 9.92 Å². The lowest BCUT2D eigenvalue weighted by molar-refractivity contribution is 0.0825. The van der Waals surface area contributed by atoms with Gasteiger partial charge in [-0.2, -0.15) is 0 Å². The van der Waals surface area contributed by atoms with Gasteiger partial charge in [0, 0.05) is 16.0 Å². The van der Waals surface area contributed by atoms with Crippen molar-refractivity contribution in [2.24, 2.45) is 9.50 Å². The van der Waals surface area contributed by atoms with Crippen LogP contribution < -0.4 is 10.5 Å². The number of nitrogens with one attached hydrogen (secondary N) is 1. The molecule has 4 N–H and O–H groups in total. The molecule has 2 aromatic heterocycles. The first-order valence-electron chi connectivity index (χ1n) is 10.3. The van der Waals surface area contributed by atoms with Crippen LogP contribution in [0, 0.1) is 0 Å². The van der Waals surface area contributed by atoms with Gasteiger partial charge >= 0.3 is 6.03 Å². The molecule has 0 aromatic carbocycles. The first-order valence-corrected chi connectivity index (χ1v) is 12.7. The van der Waals surface area contributed by atoms with E-state index in [0.717, 1.165) is 71.6 Å². The van der Waals surface area contributed by atoms with Crippen molar-refractivity contribution in [3.05, 3.63) is 39.5 Å². The number of amides is 2. The van der Waals surface area contributed by atoms with Gasteiger partial charge in [0.05, 0.1) is 17.0 Å². The number of rotatable bonds is 3. The van der Waals surface area contributed by atoms with E-state index in [4.69, 9.17) is 10.1 Å². The highest BCUT2D eigenvalue weighted by Gasteiger charge is 2.51. The Morgan fingerprint density at radius 2 is 2.03 bits per heavy atom. The van der Waals surface area contributed by atoms with Crippen molar-refractivity contribution in [3.63, 3.8) is 0 Å². The molecule has 0 radical (unpaired) electrons. The number of carbonyl (C=O) groups excluding carboxylic acids is 1. The van der Waals surface area contributed by atoms with Crippen molar-refractivity contribution in [2.75, 3.05) is 5.32 Å². The minimum atomic E-state index is -3.40. The molecule has 2 amide bonds. The number of urea groups is 1. The van der Waals surface area contributed by atoms with E-state index in [0.29, 0.717) is 4.88 Å². The van der Waals surface area contributed by atoms with Crippen LogP contribution in [-0.2, 0) is 40.2 Å². The maximum absolute atomic E-state index is 13.0. The smallest absolute Gasteiger partial charge is 0.354 e. The number of nitrogens with zero attached hydrogens (tertiary/aromatic N) is 2. The van der Waals surface area contributed by atoms with Crippen molar-refractivity contribution < 1.29 is 14.1 Å². The number of hydrogen-bond acceptors (Lipinski definition) is 5. The van der Waals surface area contributed by atoms with Gasteiger partial charge in [-0.25, -0.2) is 14.1 Å². The van der Waals surface area contributed by atoms with Crippen molar-refractivity contribution in [1.82, 2.24) is 4.98 Å².